The predicted octanol–water partition coefficient (Wildman–Crippen LogP) is 3.76. The Kier molecular flexibility index (Phi) is 6.73. The fourth-order valence-corrected chi connectivity index (χ4v) is 3.32. The first-order valence-electron chi connectivity index (χ1n) is 9.37. The predicted molar refractivity (Wildman–Crippen MR) is 113 cm³/mol. The number of hydrazine groups is 1. The zero-order chi connectivity index (χ0) is 21.6. The van der Waals surface area contributed by atoms with Crippen LogP contribution < -0.4 is 20.9 Å². The van der Waals surface area contributed by atoms with Gasteiger partial charge in [-0.05, 0) is 24.3 Å². The van der Waals surface area contributed by atoms with Crippen LogP contribution in [0.3, 0.4) is 0 Å². The van der Waals surface area contributed by atoms with Gasteiger partial charge in [0.2, 0.25) is 0 Å². The largest absolute Gasteiger partial charge is 0.486 e. The lowest BCUT2D eigenvalue weighted by atomic mass is 9.93. The van der Waals surface area contributed by atoms with Crippen LogP contribution in [0.2, 0.25) is 0 Å². The highest BCUT2D eigenvalue weighted by Gasteiger charge is 2.17. The molecular weight excluding hydrogens is 404 g/mol. The molecule has 0 saturated heterocycles. The Hall–Kier alpha value is -3.33. The zero-order valence-electron chi connectivity index (χ0n) is 17.0. The standard InChI is InChI=1S/C21H24N4O4S/c1-21(2,3)17-13-30-18(23-17)11-22-20(27)25-24-19(26)16-10-9-15(29-16)12-28-14-7-5-4-6-8-14/h4-10,13H,11-12H2,1-3H3,(H,24,26)(H2,22,25,27). The number of ether oxygens (including phenoxy) is 1. The molecule has 3 aromatic rings. The number of benzene rings is 1. The highest BCUT2D eigenvalue weighted by Crippen LogP contribution is 2.23. The lowest BCUT2D eigenvalue weighted by Crippen LogP contribution is -2.46. The Labute approximate surface area is 178 Å². The quantitative estimate of drug-likeness (QED) is 0.519. The highest BCUT2D eigenvalue weighted by atomic mass is 32.1. The molecular formula is C21H24N4O4S. The van der Waals surface area contributed by atoms with Crippen molar-refractivity contribution >= 4 is 23.3 Å². The van der Waals surface area contributed by atoms with E-state index in [0.29, 0.717) is 11.5 Å². The van der Waals surface area contributed by atoms with Crippen molar-refractivity contribution in [2.24, 2.45) is 0 Å². The Morgan fingerprint density at radius 3 is 2.57 bits per heavy atom. The highest BCUT2D eigenvalue weighted by molar-refractivity contribution is 7.09. The van der Waals surface area contributed by atoms with Gasteiger partial charge in [-0.25, -0.2) is 15.2 Å². The van der Waals surface area contributed by atoms with Crippen molar-refractivity contribution in [2.45, 2.75) is 39.3 Å². The number of para-hydroxylation sites is 1. The van der Waals surface area contributed by atoms with Gasteiger partial charge in [0.05, 0.1) is 12.2 Å². The van der Waals surface area contributed by atoms with E-state index in [9.17, 15) is 9.59 Å². The van der Waals surface area contributed by atoms with Crippen molar-refractivity contribution in [3.63, 3.8) is 0 Å². The molecule has 0 aliphatic heterocycles. The molecule has 0 bridgehead atoms. The van der Waals surface area contributed by atoms with E-state index in [4.69, 9.17) is 9.15 Å². The molecule has 0 saturated carbocycles. The van der Waals surface area contributed by atoms with Crippen LogP contribution in [0.1, 0.15) is 47.8 Å². The molecule has 3 amide bonds. The summed E-state index contributed by atoms with van der Waals surface area (Å²) >= 11 is 1.48. The number of aromatic nitrogens is 1. The molecule has 3 rings (SSSR count). The van der Waals surface area contributed by atoms with Crippen molar-refractivity contribution < 1.29 is 18.7 Å². The molecule has 0 fully saturated rings. The molecule has 0 radical (unpaired) electrons. The monoisotopic (exact) mass is 428 g/mol. The molecule has 2 heterocycles. The molecule has 0 unspecified atom stereocenters. The number of hydrogen-bond acceptors (Lipinski definition) is 6. The molecule has 158 valence electrons. The average Bonchev–Trinajstić information content (AvgIpc) is 3.39. The average molecular weight is 429 g/mol. The summed E-state index contributed by atoms with van der Waals surface area (Å²) in [5, 5.41) is 5.41. The Bertz CT molecular complexity index is 992. The number of nitrogens with zero attached hydrogens (tertiary/aromatic N) is 1. The van der Waals surface area contributed by atoms with Gasteiger partial charge in [-0.15, -0.1) is 11.3 Å². The third kappa shape index (κ3) is 6.08. The van der Waals surface area contributed by atoms with Crippen molar-refractivity contribution in [2.75, 3.05) is 0 Å². The van der Waals surface area contributed by atoms with Crippen LogP contribution in [-0.2, 0) is 18.6 Å². The summed E-state index contributed by atoms with van der Waals surface area (Å²) in [5.74, 6) is 0.692. The molecule has 8 nitrogen and oxygen atoms in total. The summed E-state index contributed by atoms with van der Waals surface area (Å²) in [7, 11) is 0. The maximum Gasteiger partial charge on any atom is 0.333 e. The lowest BCUT2D eigenvalue weighted by molar-refractivity contribution is 0.0904. The first kappa shape index (κ1) is 21.4. The fourth-order valence-electron chi connectivity index (χ4n) is 2.36. The summed E-state index contributed by atoms with van der Waals surface area (Å²) in [6.07, 6.45) is 0. The van der Waals surface area contributed by atoms with Crippen LogP contribution in [-0.4, -0.2) is 16.9 Å². The van der Waals surface area contributed by atoms with Gasteiger partial charge in [-0.2, -0.15) is 0 Å². The Morgan fingerprint density at radius 2 is 1.87 bits per heavy atom. The minimum atomic E-state index is -0.569. The van der Waals surface area contributed by atoms with E-state index in [1.165, 1.54) is 17.4 Å². The van der Waals surface area contributed by atoms with Crippen LogP contribution in [0.4, 0.5) is 4.79 Å². The number of urea groups is 1. The van der Waals surface area contributed by atoms with Gasteiger partial charge in [-0.1, -0.05) is 39.0 Å². The van der Waals surface area contributed by atoms with Crippen molar-refractivity contribution in [3.8, 4) is 5.75 Å². The summed E-state index contributed by atoms with van der Waals surface area (Å²) in [6, 6.07) is 11.9. The summed E-state index contributed by atoms with van der Waals surface area (Å²) in [4.78, 5) is 28.5. The maximum absolute atomic E-state index is 12.1. The third-order valence-electron chi connectivity index (χ3n) is 4.02. The van der Waals surface area contributed by atoms with Crippen LogP contribution in [0.5, 0.6) is 5.75 Å². The summed E-state index contributed by atoms with van der Waals surface area (Å²) in [6.45, 7) is 6.69. The second-order valence-corrected chi connectivity index (χ2v) is 8.45. The van der Waals surface area contributed by atoms with Gasteiger partial charge in [-0.3, -0.25) is 10.2 Å². The van der Waals surface area contributed by atoms with E-state index >= 15 is 0 Å². The number of carbonyl (C=O) groups excluding carboxylic acids is 2. The van der Waals surface area contributed by atoms with E-state index in [0.717, 1.165) is 10.7 Å². The molecule has 0 aliphatic rings. The molecule has 30 heavy (non-hydrogen) atoms. The van der Waals surface area contributed by atoms with Crippen molar-refractivity contribution in [1.29, 1.82) is 0 Å². The molecule has 1 aromatic carbocycles. The van der Waals surface area contributed by atoms with Gasteiger partial charge in [0, 0.05) is 10.8 Å². The second kappa shape index (κ2) is 9.45. The number of furan rings is 1. The minimum absolute atomic E-state index is 0.0426. The van der Waals surface area contributed by atoms with E-state index in [1.54, 1.807) is 6.07 Å². The number of amides is 3. The second-order valence-electron chi connectivity index (χ2n) is 7.51. The zero-order valence-corrected chi connectivity index (χ0v) is 17.8. The molecule has 0 aliphatic carbocycles. The van der Waals surface area contributed by atoms with Gasteiger partial charge >= 0.3 is 11.9 Å². The number of hydrogen-bond donors (Lipinski definition) is 3. The third-order valence-corrected chi connectivity index (χ3v) is 4.87. The van der Waals surface area contributed by atoms with Crippen LogP contribution >= 0.6 is 11.3 Å². The lowest BCUT2D eigenvalue weighted by Gasteiger charge is -2.14. The van der Waals surface area contributed by atoms with Gasteiger partial charge in [0.1, 0.15) is 23.1 Å². The summed E-state index contributed by atoms with van der Waals surface area (Å²) in [5.41, 5.74) is 5.52. The van der Waals surface area contributed by atoms with E-state index in [2.05, 4.69) is 41.9 Å². The van der Waals surface area contributed by atoms with Crippen LogP contribution in [0, 0.1) is 0 Å². The SMILES string of the molecule is CC(C)(C)c1csc(CNC(=O)NNC(=O)c2ccc(COc3ccccc3)o2)n1. The fraction of sp³-hybridized carbons (Fsp3) is 0.286. The normalized spacial score (nSPS) is 11.0. The Morgan fingerprint density at radius 1 is 1.10 bits per heavy atom. The molecule has 2 aromatic heterocycles. The summed E-state index contributed by atoms with van der Waals surface area (Å²) < 4.78 is 11.0. The van der Waals surface area contributed by atoms with Crippen LogP contribution in [0.15, 0.2) is 52.3 Å². The molecule has 0 atom stereocenters. The van der Waals surface area contributed by atoms with Crippen molar-refractivity contribution in [3.05, 3.63) is 70.1 Å². The van der Waals surface area contributed by atoms with Crippen LogP contribution in [0.25, 0.3) is 0 Å². The van der Waals surface area contributed by atoms with Gasteiger partial charge < -0.3 is 14.5 Å². The molecule has 0 spiro atoms. The first-order valence-corrected chi connectivity index (χ1v) is 10.2. The van der Waals surface area contributed by atoms with Gasteiger partial charge in [0.15, 0.2) is 5.76 Å². The van der Waals surface area contributed by atoms with E-state index in [-0.39, 0.29) is 24.3 Å². The minimum Gasteiger partial charge on any atom is -0.486 e. The van der Waals surface area contributed by atoms with Gasteiger partial charge in [0.25, 0.3) is 0 Å². The first-order chi connectivity index (χ1) is 14.3. The molecule has 9 heteroatoms. The number of nitrogens with one attached hydrogen (secondary N) is 3. The topological polar surface area (TPSA) is 105 Å². The number of rotatable bonds is 6. The maximum atomic E-state index is 12.1. The van der Waals surface area contributed by atoms with E-state index in [1.807, 2.05) is 35.7 Å². The Balaban J connectivity index is 1.41. The van der Waals surface area contributed by atoms with Crippen molar-refractivity contribution in [1.82, 2.24) is 21.2 Å². The number of carbonyl (C=O) groups is 2. The molecule has 3 N–H and O–H groups in total. The van der Waals surface area contributed by atoms with E-state index < -0.39 is 11.9 Å². The smallest absolute Gasteiger partial charge is 0.333 e. The number of thiazole rings is 1.